The van der Waals surface area contributed by atoms with Gasteiger partial charge in [-0.1, -0.05) is 13.8 Å². The van der Waals surface area contributed by atoms with Gasteiger partial charge in [0.15, 0.2) is 0 Å². The Morgan fingerprint density at radius 2 is 2.25 bits per heavy atom. The second-order valence-electron chi connectivity index (χ2n) is 3.88. The molecule has 0 saturated carbocycles. The molecule has 5 heteroatoms. The standard InChI is InChI=1S/C11H19N3OS/c1-9(2)14-10(8-15)3-6-16-11-7-12-4-5-13-11/h4-5,7,9-10,14-15H,3,6,8H2,1-2H3. The first-order valence-electron chi connectivity index (χ1n) is 5.48. The number of nitrogens with zero attached hydrogens (tertiary/aromatic N) is 2. The van der Waals surface area contributed by atoms with Gasteiger partial charge in [0.25, 0.3) is 0 Å². The van der Waals surface area contributed by atoms with E-state index >= 15 is 0 Å². The molecule has 0 saturated heterocycles. The summed E-state index contributed by atoms with van der Waals surface area (Å²) in [6, 6.07) is 0.572. The molecule has 1 unspecified atom stereocenters. The molecular formula is C11H19N3OS. The first kappa shape index (κ1) is 13.4. The number of rotatable bonds is 7. The van der Waals surface area contributed by atoms with Gasteiger partial charge in [-0.15, -0.1) is 11.8 Å². The molecule has 0 aromatic carbocycles. The smallest absolute Gasteiger partial charge is 0.114 e. The summed E-state index contributed by atoms with van der Waals surface area (Å²) in [5.41, 5.74) is 0. The third-order valence-corrected chi connectivity index (χ3v) is 2.99. The van der Waals surface area contributed by atoms with E-state index in [9.17, 15) is 5.11 Å². The summed E-state index contributed by atoms with van der Waals surface area (Å²) in [5, 5.41) is 13.4. The SMILES string of the molecule is CC(C)NC(CO)CCSc1cnccn1. The van der Waals surface area contributed by atoms with Crippen LogP contribution in [0.4, 0.5) is 0 Å². The zero-order valence-corrected chi connectivity index (χ0v) is 10.6. The van der Waals surface area contributed by atoms with Crippen LogP contribution in [0.5, 0.6) is 0 Å². The predicted octanol–water partition coefficient (Wildman–Crippen LogP) is 1.32. The lowest BCUT2D eigenvalue weighted by atomic mass is 10.2. The zero-order chi connectivity index (χ0) is 11.8. The van der Waals surface area contributed by atoms with Gasteiger partial charge in [0.1, 0.15) is 5.03 Å². The molecule has 90 valence electrons. The van der Waals surface area contributed by atoms with Crippen molar-refractivity contribution in [1.29, 1.82) is 0 Å². The van der Waals surface area contributed by atoms with Gasteiger partial charge in [-0.25, -0.2) is 4.98 Å². The third kappa shape index (κ3) is 5.44. The van der Waals surface area contributed by atoms with E-state index in [0.717, 1.165) is 17.2 Å². The van der Waals surface area contributed by atoms with Crippen LogP contribution in [-0.2, 0) is 0 Å². The van der Waals surface area contributed by atoms with Crippen LogP contribution in [-0.4, -0.2) is 39.5 Å². The number of hydrogen-bond donors (Lipinski definition) is 2. The molecule has 2 N–H and O–H groups in total. The highest BCUT2D eigenvalue weighted by Crippen LogP contribution is 2.14. The summed E-state index contributed by atoms with van der Waals surface area (Å²) in [6.07, 6.45) is 6.05. The van der Waals surface area contributed by atoms with Gasteiger partial charge in [0.05, 0.1) is 12.8 Å². The minimum atomic E-state index is 0.171. The normalized spacial score (nSPS) is 13.0. The minimum Gasteiger partial charge on any atom is -0.395 e. The number of aliphatic hydroxyl groups is 1. The van der Waals surface area contributed by atoms with Crippen molar-refractivity contribution in [2.24, 2.45) is 0 Å². The number of nitrogens with one attached hydrogen (secondary N) is 1. The summed E-state index contributed by atoms with van der Waals surface area (Å²) >= 11 is 1.67. The molecule has 0 fully saturated rings. The molecule has 0 aliphatic carbocycles. The van der Waals surface area contributed by atoms with Crippen LogP contribution in [0.25, 0.3) is 0 Å². The first-order valence-corrected chi connectivity index (χ1v) is 6.46. The highest BCUT2D eigenvalue weighted by molar-refractivity contribution is 7.99. The van der Waals surface area contributed by atoms with Gasteiger partial charge in [-0.2, -0.15) is 0 Å². The lowest BCUT2D eigenvalue weighted by molar-refractivity contribution is 0.232. The van der Waals surface area contributed by atoms with Gasteiger partial charge in [-0.3, -0.25) is 4.98 Å². The molecule has 0 spiro atoms. The molecule has 0 amide bonds. The average molecular weight is 241 g/mol. The highest BCUT2D eigenvalue weighted by Gasteiger charge is 2.08. The molecule has 1 atom stereocenters. The van der Waals surface area contributed by atoms with Gasteiger partial charge in [0, 0.05) is 30.2 Å². The molecule has 4 nitrogen and oxygen atoms in total. The molecule has 1 aromatic heterocycles. The number of hydrogen-bond acceptors (Lipinski definition) is 5. The predicted molar refractivity (Wildman–Crippen MR) is 66.5 cm³/mol. The Hall–Kier alpha value is -0.650. The number of aromatic nitrogens is 2. The third-order valence-electron chi connectivity index (χ3n) is 2.05. The number of aliphatic hydroxyl groups excluding tert-OH is 1. The molecular weight excluding hydrogens is 222 g/mol. The second-order valence-corrected chi connectivity index (χ2v) is 5.00. The van der Waals surface area contributed by atoms with Crippen LogP contribution in [0.2, 0.25) is 0 Å². The van der Waals surface area contributed by atoms with Crippen molar-refractivity contribution in [3.8, 4) is 0 Å². The van der Waals surface area contributed by atoms with E-state index in [4.69, 9.17) is 0 Å². The van der Waals surface area contributed by atoms with Crippen molar-refractivity contribution in [2.75, 3.05) is 12.4 Å². The fraction of sp³-hybridized carbons (Fsp3) is 0.636. The Balaban J connectivity index is 2.23. The van der Waals surface area contributed by atoms with Crippen LogP contribution in [0.3, 0.4) is 0 Å². The van der Waals surface area contributed by atoms with Crippen molar-refractivity contribution in [3.05, 3.63) is 18.6 Å². The van der Waals surface area contributed by atoms with Crippen molar-refractivity contribution >= 4 is 11.8 Å². The lowest BCUT2D eigenvalue weighted by Crippen LogP contribution is -2.37. The van der Waals surface area contributed by atoms with Crippen LogP contribution in [0, 0.1) is 0 Å². The molecule has 16 heavy (non-hydrogen) atoms. The van der Waals surface area contributed by atoms with Crippen molar-refractivity contribution in [3.63, 3.8) is 0 Å². The molecule has 1 heterocycles. The quantitative estimate of drug-likeness (QED) is 0.705. The fourth-order valence-electron chi connectivity index (χ4n) is 1.36. The van der Waals surface area contributed by atoms with Crippen molar-refractivity contribution in [2.45, 2.75) is 37.4 Å². The number of thioether (sulfide) groups is 1. The van der Waals surface area contributed by atoms with Gasteiger partial charge in [-0.05, 0) is 6.42 Å². The van der Waals surface area contributed by atoms with E-state index in [2.05, 4.69) is 29.1 Å². The Labute approximate surface area is 101 Å². The minimum absolute atomic E-state index is 0.171. The Morgan fingerprint density at radius 1 is 1.44 bits per heavy atom. The average Bonchev–Trinajstić information content (AvgIpc) is 2.28. The Morgan fingerprint density at radius 3 is 2.81 bits per heavy atom. The van der Waals surface area contributed by atoms with Gasteiger partial charge >= 0.3 is 0 Å². The summed E-state index contributed by atoms with van der Waals surface area (Å²) in [4.78, 5) is 8.18. The maximum atomic E-state index is 9.17. The molecule has 0 aliphatic rings. The fourth-order valence-corrected chi connectivity index (χ4v) is 2.25. The van der Waals surface area contributed by atoms with Crippen LogP contribution in [0.15, 0.2) is 23.6 Å². The lowest BCUT2D eigenvalue weighted by Gasteiger charge is -2.18. The van der Waals surface area contributed by atoms with E-state index in [1.54, 1.807) is 30.4 Å². The maximum absolute atomic E-state index is 9.17. The Kier molecular flexibility index (Phi) is 6.37. The van der Waals surface area contributed by atoms with Crippen molar-refractivity contribution < 1.29 is 5.11 Å². The zero-order valence-electron chi connectivity index (χ0n) is 9.76. The summed E-state index contributed by atoms with van der Waals surface area (Å²) in [6.45, 7) is 4.34. The van der Waals surface area contributed by atoms with E-state index in [-0.39, 0.29) is 12.6 Å². The molecule has 1 aromatic rings. The monoisotopic (exact) mass is 241 g/mol. The van der Waals surface area contributed by atoms with Crippen LogP contribution < -0.4 is 5.32 Å². The summed E-state index contributed by atoms with van der Waals surface area (Å²) < 4.78 is 0. The van der Waals surface area contributed by atoms with Crippen LogP contribution in [0.1, 0.15) is 20.3 Å². The topological polar surface area (TPSA) is 58.0 Å². The maximum Gasteiger partial charge on any atom is 0.114 e. The van der Waals surface area contributed by atoms with Crippen LogP contribution >= 0.6 is 11.8 Å². The molecule has 0 radical (unpaired) electrons. The highest BCUT2D eigenvalue weighted by atomic mass is 32.2. The Bertz CT molecular complexity index is 282. The van der Waals surface area contributed by atoms with E-state index in [1.165, 1.54) is 0 Å². The summed E-state index contributed by atoms with van der Waals surface area (Å²) in [5.74, 6) is 0.934. The van der Waals surface area contributed by atoms with Crippen molar-refractivity contribution in [1.82, 2.24) is 15.3 Å². The van der Waals surface area contributed by atoms with E-state index < -0.39 is 0 Å². The van der Waals surface area contributed by atoms with E-state index in [0.29, 0.717) is 6.04 Å². The molecule has 0 bridgehead atoms. The first-order chi connectivity index (χ1) is 7.72. The van der Waals surface area contributed by atoms with E-state index in [1.807, 2.05) is 0 Å². The van der Waals surface area contributed by atoms with Gasteiger partial charge < -0.3 is 10.4 Å². The largest absolute Gasteiger partial charge is 0.395 e. The molecule has 1 rings (SSSR count). The summed E-state index contributed by atoms with van der Waals surface area (Å²) in [7, 11) is 0. The molecule has 0 aliphatic heterocycles. The van der Waals surface area contributed by atoms with Gasteiger partial charge in [0.2, 0.25) is 0 Å². The second kappa shape index (κ2) is 7.60.